The van der Waals surface area contributed by atoms with Crippen LogP contribution in [0.5, 0.6) is 11.5 Å². The summed E-state index contributed by atoms with van der Waals surface area (Å²) in [5, 5.41) is 27.6. The van der Waals surface area contributed by atoms with Crippen molar-refractivity contribution in [3.8, 4) is 11.5 Å². The first kappa shape index (κ1) is 24.0. The second-order valence-electron chi connectivity index (χ2n) is 6.85. The van der Waals surface area contributed by atoms with Crippen molar-refractivity contribution >= 4 is 23.4 Å². The van der Waals surface area contributed by atoms with Crippen molar-refractivity contribution in [2.75, 3.05) is 5.43 Å². The number of nitrogens with zero attached hydrogens (tertiary/aromatic N) is 2. The van der Waals surface area contributed by atoms with Crippen LogP contribution in [0.2, 0.25) is 0 Å². The third-order valence-electron chi connectivity index (χ3n) is 4.45. The first-order chi connectivity index (χ1) is 13.9. The van der Waals surface area contributed by atoms with Crippen LogP contribution in [0.15, 0.2) is 16.3 Å². The van der Waals surface area contributed by atoms with Crippen LogP contribution in [0.4, 0.5) is 21.0 Å². The number of aromatic hydroxyl groups is 2. The summed E-state index contributed by atoms with van der Waals surface area (Å²) in [6, 6.07) is -0.738. The number of hydrogen-bond donors (Lipinski definition) is 6. The van der Waals surface area contributed by atoms with Gasteiger partial charge in [0.25, 0.3) is 0 Å². The summed E-state index contributed by atoms with van der Waals surface area (Å²) in [4.78, 5) is 21.8. The normalized spacial score (nSPS) is 10.9. The monoisotopic (exact) mass is 408 g/mol. The molecule has 0 saturated carbocycles. The van der Waals surface area contributed by atoms with Gasteiger partial charge in [-0.2, -0.15) is 0 Å². The van der Waals surface area contributed by atoms with Gasteiger partial charge in [-0.15, -0.1) is 5.11 Å². The molecule has 0 fully saturated rings. The summed E-state index contributed by atoms with van der Waals surface area (Å²) < 4.78 is 0. The molecular formula is C19H32N6O4. The molecule has 0 aliphatic heterocycles. The van der Waals surface area contributed by atoms with E-state index in [1.54, 1.807) is 0 Å². The highest BCUT2D eigenvalue weighted by Gasteiger charge is 2.18. The topological polar surface area (TPSA) is 175 Å². The van der Waals surface area contributed by atoms with Gasteiger partial charge in [-0.05, 0) is 12.8 Å². The van der Waals surface area contributed by atoms with Gasteiger partial charge in [-0.25, -0.2) is 9.59 Å². The molecule has 0 heterocycles. The van der Waals surface area contributed by atoms with E-state index in [0.29, 0.717) is 12.0 Å². The fraction of sp³-hybridized carbons (Fsp3) is 0.579. The minimum Gasteiger partial charge on any atom is -0.506 e. The maximum absolute atomic E-state index is 10.9. The molecule has 0 aliphatic carbocycles. The quantitative estimate of drug-likeness (QED) is 0.0934. The number of hydrazine groups is 1. The smallest absolute Gasteiger partial charge is 0.356 e. The minimum atomic E-state index is -1.02. The Balaban J connectivity index is 2.77. The molecule has 4 amide bonds. The molecule has 8 N–H and O–H groups in total. The van der Waals surface area contributed by atoms with Crippen molar-refractivity contribution in [2.45, 2.75) is 71.1 Å². The fourth-order valence-electron chi connectivity index (χ4n) is 2.99. The van der Waals surface area contributed by atoms with Gasteiger partial charge >= 0.3 is 12.1 Å². The molecule has 29 heavy (non-hydrogen) atoms. The first-order valence-corrected chi connectivity index (χ1v) is 9.97. The number of nitrogens with one attached hydrogen (secondary N) is 2. The van der Waals surface area contributed by atoms with Crippen LogP contribution in [0.3, 0.4) is 0 Å². The van der Waals surface area contributed by atoms with Gasteiger partial charge in [-0.3, -0.25) is 10.9 Å². The van der Waals surface area contributed by atoms with Crippen molar-refractivity contribution in [1.82, 2.24) is 5.43 Å². The molecule has 1 aromatic rings. The van der Waals surface area contributed by atoms with Gasteiger partial charge in [0, 0.05) is 11.6 Å². The first-order valence-electron chi connectivity index (χ1n) is 9.97. The predicted molar refractivity (Wildman–Crippen MR) is 111 cm³/mol. The Bertz CT molecular complexity index is 708. The highest BCUT2D eigenvalue weighted by molar-refractivity contribution is 5.78. The average Bonchev–Trinajstić information content (AvgIpc) is 2.66. The van der Waals surface area contributed by atoms with Crippen LogP contribution in [-0.2, 0) is 6.42 Å². The van der Waals surface area contributed by atoms with Crippen molar-refractivity contribution in [2.24, 2.45) is 21.7 Å². The van der Waals surface area contributed by atoms with Crippen LogP contribution in [0.1, 0.15) is 70.3 Å². The van der Waals surface area contributed by atoms with E-state index in [1.807, 2.05) is 0 Å². The lowest BCUT2D eigenvalue weighted by Crippen LogP contribution is -2.34. The summed E-state index contributed by atoms with van der Waals surface area (Å²) in [5.41, 5.74) is 14.8. The van der Waals surface area contributed by atoms with Crippen molar-refractivity contribution in [3.63, 3.8) is 0 Å². The number of anilines is 1. The highest BCUT2D eigenvalue weighted by atomic mass is 16.3. The average molecular weight is 409 g/mol. The molecule has 0 aromatic heterocycles. The van der Waals surface area contributed by atoms with Crippen molar-refractivity contribution in [3.05, 3.63) is 11.6 Å². The predicted octanol–water partition coefficient (Wildman–Crippen LogP) is 4.33. The Morgan fingerprint density at radius 2 is 1.59 bits per heavy atom. The Morgan fingerprint density at radius 1 is 1.00 bits per heavy atom. The van der Waals surface area contributed by atoms with Gasteiger partial charge in [0.05, 0.1) is 5.69 Å². The largest absolute Gasteiger partial charge is 0.506 e. The van der Waals surface area contributed by atoms with Gasteiger partial charge in [0.1, 0.15) is 17.2 Å². The van der Waals surface area contributed by atoms with Crippen LogP contribution < -0.4 is 22.3 Å². The van der Waals surface area contributed by atoms with E-state index in [1.165, 1.54) is 32.1 Å². The molecule has 0 radical (unpaired) electrons. The summed E-state index contributed by atoms with van der Waals surface area (Å²) in [7, 11) is 0. The molecule has 0 bridgehead atoms. The Labute approximate surface area is 170 Å². The highest BCUT2D eigenvalue weighted by Crippen LogP contribution is 2.43. The number of amides is 4. The molecule has 0 atom stereocenters. The Kier molecular flexibility index (Phi) is 10.9. The van der Waals surface area contributed by atoms with Gasteiger partial charge < -0.3 is 21.7 Å². The van der Waals surface area contributed by atoms with Gasteiger partial charge in [0.15, 0.2) is 0 Å². The molecule has 162 valence electrons. The zero-order chi connectivity index (χ0) is 21.6. The molecule has 0 aliphatic rings. The number of azo groups is 1. The Hall–Kier alpha value is -3.04. The number of rotatable bonds is 13. The second kappa shape index (κ2) is 13.2. The van der Waals surface area contributed by atoms with E-state index in [2.05, 4.69) is 28.0 Å². The number of phenols is 2. The van der Waals surface area contributed by atoms with Gasteiger partial charge in [-0.1, -0.05) is 63.4 Å². The zero-order valence-corrected chi connectivity index (χ0v) is 16.9. The van der Waals surface area contributed by atoms with E-state index in [0.717, 1.165) is 31.7 Å². The van der Waals surface area contributed by atoms with Crippen LogP contribution in [-0.4, -0.2) is 22.3 Å². The number of hydrogen-bond acceptors (Lipinski definition) is 6. The maximum atomic E-state index is 10.9. The summed E-state index contributed by atoms with van der Waals surface area (Å²) in [6.45, 7) is 2.19. The van der Waals surface area contributed by atoms with Gasteiger partial charge in [0.2, 0.25) is 0 Å². The fourth-order valence-corrected chi connectivity index (χ4v) is 2.99. The molecule has 0 spiro atoms. The lowest BCUT2D eigenvalue weighted by atomic mass is 10.0. The van der Waals surface area contributed by atoms with Crippen molar-refractivity contribution < 1.29 is 19.8 Å². The SMILES string of the molecule is CCCCCCCCCCCc1c(O)c(NNC(N)=O)cc(O)c1N=NC(N)=O. The molecule has 10 nitrogen and oxygen atoms in total. The third kappa shape index (κ3) is 9.13. The molecular weight excluding hydrogens is 376 g/mol. The molecule has 0 saturated heterocycles. The number of benzene rings is 1. The van der Waals surface area contributed by atoms with Crippen molar-refractivity contribution in [1.29, 1.82) is 0 Å². The molecule has 10 heteroatoms. The Morgan fingerprint density at radius 3 is 2.14 bits per heavy atom. The summed E-state index contributed by atoms with van der Waals surface area (Å²) in [6.07, 6.45) is 10.5. The van der Waals surface area contributed by atoms with E-state index in [4.69, 9.17) is 11.5 Å². The van der Waals surface area contributed by atoms with E-state index < -0.39 is 12.1 Å². The van der Waals surface area contributed by atoms with E-state index in [-0.39, 0.29) is 22.9 Å². The minimum absolute atomic E-state index is 0.0366. The lowest BCUT2D eigenvalue weighted by Gasteiger charge is -2.15. The van der Waals surface area contributed by atoms with Crippen LogP contribution in [0.25, 0.3) is 0 Å². The third-order valence-corrected chi connectivity index (χ3v) is 4.45. The number of urea groups is 2. The summed E-state index contributed by atoms with van der Waals surface area (Å²) in [5.74, 6) is -0.554. The maximum Gasteiger partial charge on any atom is 0.356 e. The molecule has 0 unspecified atom stereocenters. The number of carbonyl (C=O) groups is 2. The molecule has 1 rings (SSSR count). The number of phenolic OH excluding ortho intramolecular Hbond substituents is 2. The number of unbranched alkanes of at least 4 members (excludes halogenated alkanes) is 8. The number of primary amides is 2. The van der Waals surface area contributed by atoms with Crippen LogP contribution >= 0.6 is 0 Å². The standard InChI is InChI=1S/C19H32N6O4/c1-2-3-4-5-6-7-8-9-10-11-13-16(23-25-19(21)29)15(26)12-14(17(13)27)22-24-18(20)28/h12,22,26-27H,2-11H2,1H3,(H2,21,29)(H3,20,24,28). The van der Waals surface area contributed by atoms with E-state index in [9.17, 15) is 19.8 Å². The summed E-state index contributed by atoms with van der Waals surface area (Å²) >= 11 is 0. The number of carbonyl (C=O) groups excluding carboxylic acids is 2. The lowest BCUT2D eigenvalue weighted by molar-refractivity contribution is 0.250. The molecule has 1 aromatic carbocycles. The number of nitrogens with two attached hydrogens (primary N) is 2. The second-order valence-corrected chi connectivity index (χ2v) is 6.85. The zero-order valence-electron chi connectivity index (χ0n) is 16.9. The van der Waals surface area contributed by atoms with Crippen LogP contribution in [0, 0.1) is 0 Å². The van der Waals surface area contributed by atoms with E-state index >= 15 is 0 Å².